The zero-order valence-electron chi connectivity index (χ0n) is 7.40. The van der Waals surface area contributed by atoms with Crippen LogP contribution >= 0.6 is 0 Å². The van der Waals surface area contributed by atoms with Crippen LogP contribution in [-0.2, 0) is 4.79 Å². The van der Waals surface area contributed by atoms with Crippen LogP contribution in [0.2, 0.25) is 0 Å². The average Bonchev–Trinajstić information content (AvgIpc) is 1.90. The first-order valence-corrected chi connectivity index (χ1v) is 3.07. The number of hydrogen-bond donors (Lipinski definition) is 2. The normalized spacial score (nSPS) is 7.54. The molecule has 0 fully saturated rings. The molecule has 6 heteroatoms. The topological polar surface area (TPSA) is 111 Å². The van der Waals surface area contributed by atoms with Crippen molar-refractivity contribution in [1.29, 1.82) is 10.5 Å². The van der Waals surface area contributed by atoms with E-state index in [1.165, 1.54) is 20.8 Å². The van der Waals surface area contributed by atoms with E-state index in [0.717, 1.165) is 0 Å². The molecule has 13 heavy (non-hydrogen) atoms. The summed E-state index contributed by atoms with van der Waals surface area (Å²) in [7, 11) is 0. The fourth-order valence-corrected chi connectivity index (χ4v) is 0. The molecule has 0 heterocycles. The van der Waals surface area contributed by atoms with Crippen LogP contribution in [0.4, 0.5) is 0 Å². The van der Waals surface area contributed by atoms with Crippen LogP contribution in [0.3, 0.4) is 0 Å². The van der Waals surface area contributed by atoms with Gasteiger partial charge in [-0.1, -0.05) is 0 Å². The van der Waals surface area contributed by atoms with E-state index in [4.69, 9.17) is 21.4 Å². The van der Waals surface area contributed by atoms with E-state index in [0.29, 0.717) is 0 Å². The second kappa shape index (κ2) is 22.5. The van der Waals surface area contributed by atoms with Gasteiger partial charge < -0.3 is 10.8 Å². The minimum atomic E-state index is -0.963. The molecule has 0 aromatic carbocycles. The van der Waals surface area contributed by atoms with Gasteiger partial charge in [0.15, 0.2) is 0 Å². The molecule has 0 aliphatic carbocycles. The number of aliphatic carboxylic acids is 1. The number of carboxylic acids is 1. The maximum absolute atomic E-state index is 9.57. The van der Waals surface area contributed by atoms with Gasteiger partial charge in [-0.05, 0) is 6.92 Å². The van der Waals surface area contributed by atoms with Crippen molar-refractivity contribution in [3.05, 3.63) is 0 Å². The van der Waals surface area contributed by atoms with Crippen molar-refractivity contribution in [2.75, 3.05) is 0 Å². The van der Waals surface area contributed by atoms with Gasteiger partial charge in [0.1, 0.15) is 6.04 Å². The predicted molar refractivity (Wildman–Crippen MR) is 51.0 cm³/mol. The SMILES string of the molecule is CC#N.CC#N.C[C@H](N)C(=O)O.[NaH]. The Kier molecular flexibility index (Phi) is 39.6. The van der Waals surface area contributed by atoms with E-state index in [2.05, 4.69) is 0 Å². The molecular weight excluding hydrogens is 181 g/mol. The monoisotopic (exact) mass is 195 g/mol. The van der Waals surface area contributed by atoms with Crippen molar-refractivity contribution in [3.63, 3.8) is 0 Å². The Labute approximate surface area is 100 Å². The molecule has 0 bridgehead atoms. The zero-order chi connectivity index (χ0) is 10.6. The summed E-state index contributed by atoms with van der Waals surface area (Å²) in [6.45, 7) is 4.28. The van der Waals surface area contributed by atoms with Gasteiger partial charge >= 0.3 is 35.5 Å². The molecule has 0 aromatic heterocycles. The molecule has 3 N–H and O–H groups in total. The molecule has 0 aromatic rings. The number of rotatable bonds is 1. The molecule has 0 rings (SSSR count). The van der Waals surface area contributed by atoms with E-state index in [-0.39, 0.29) is 29.6 Å². The number of nitrogens with zero attached hydrogens (tertiary/aromatic N) is 2. The summed E-state index contributed by atoms with van der Waals surface area (Å²) >= 11 is 0. The van der Waals surface area contributed by atoms with Crippen molar-refractivity contribution in [2.45, 2.75) is 26.8 Å². The Balaban J connectivity index is -0.0000000501. The van der Waals surface area contributed by atoms with E-state index < -0.39 is 12.0 Å². The minimum absolute atomic E-state index is 0. The average molecular weight is 195 g/mol. The molecule has 0 amide bonds. The first kappa shape index (κ1) is 22.8. The molecule has 0 radical (unpaired) electrons. The van der Waals surface area contributed by atoms with Crippen LogP contribution in [0.15, 0.2) is 0 Å². The Morgan fingerprint density at radius 3 is 1.46 bits per heavy atom. The second-order valence-electron chi connectivity index (χ2n) is 1.57. The molecule has 0 aliphatic heterocycles. The van der Waals surface area contributed by atoms with Gasteiger partial charge in [0.25, 0.3) is 0 Å². The van der Waals surface area contributed by atoms with E-state index in [1.807, 2.05) is 0 Å². The predicted octanol–water partition coefficient (Wildman–Crippen LogP) is -0.171. The fourth-order valence-electron chi connectivity index (χ4n) is 0. The van der Waals surface area contributed by atoms with Crippen molar-refractivity contribution in [1.82, 2.24) is 0 Å². The Morgan fingerprint density at radius 2 is 1.46 bits per heavy atom. The maximum atomic E-state index is 9.57. The third kappa shape index (κ3) is 86.9. The summed E-state index contributed by atoms with van der Waals surface area (Å²) in [5.74, 6) is -0.963. The van der Waals surface area contributed by atoms with Gasteiger partial charge in [-0.3, -0.25) is 4.79 Å². The molecule has 70 valence electrons. The van der Waals surface area contributed by atoms with Crippen LogP contribution in [-0.4, -0.2) is 46.7 Å². The van der Waals surface area contributed by atoms with Gasteiger partial charge in [-0.25, -0.2) is 0 Å². The van der Waals surface area contributed by atoms with Crippen molar-refractivity contribution >= 4 is 35.5 Å². The number of nitrogens with two attached hydrogens (primary N) is 1. The fraction of sp³-hybridized carbons (Fsp3) is 0.571. The van der Waals surface area contributed by atoms with Gasteiger partial charge in [-0.15, -0.1) is 0 Å². The van der Waals surface area contributed by atoms with Crippen LogP contribution in [0, 0.1) is 22.7 Å². The number of hydrogen-bond acceptors (Lipinski definition) is 4. The van der Waals surface area contributed by atoms with Crippen molar-refractivity contribution in [3.8, 4) is 12.1 Å². The molecule has 5 nitrogen and oxygen atoms in total. The van der Waals surface area contributed by atoms with E-state index >= 15 is 0 Å². The molecule has 0 unspecified atom stereocenters. The summed E-state index contributed by atoms with van der Waals surface area (Å²) in [6.07, 6.45) is 0. The summed E-state index contributed by atoms with van der Waals surface area (Å²) in [4.78, 5) is 9.57. The summed E-state index contributed by atoms with van der Waals surface area (Å²) < 4.78 is 0. The number of carbonyl (C=O) groups is 1. The first-order valence-electron chi connectivity index (χ1n) is 3.07. The van der Waals surface area contributed by atoms with Crippen LogP contribution in [0.25, 0.3) is 0 Å². The zero-order valence-corrected chi connectivity index (χ0v) is 7.40. The molecular formula is C7H14N3NaO2. The van der Waals surface area contributed by atoms with Gasteiger partial charge in [-0.2, -0.15) is 10.5 Å². The number of carboxylic acid groups (broad SMARTS) is 1. The Bertz CT molecular complexity index is 169. The molecule has 1 atom stereocenters. The second-order valence-corrected chi connectivity index (χ2v) is 1.57. The van der Waals surface area contributed by atoms with E-state index in [1.54, 1.807) is 12.1 Å². The molecule has 0 saturated heterocycles. The van der Waals surface area contributed by atoms with E-state index in [9.17, 15) is 4.79 Å². The first-order chi connectivity index (χ1) is 5.47. The Hall–Kier alpha value is -0.590. The Morgan fingerprint density at radius 1 is 1.38 bits per heavy atom. The molecule has 0 spiro atoms. The summed E-state index contributed by atoms with van der Waals surface area (Å²) in [6, 6.07) is 2.77. The van der Waals surface area contributed by atoms with Crippen molar-refractivity contribution < 1.29 is 9.90 Å². The van der Waals surface area contributed by atoms with Crippen molar-refractivity contribution in [2.24, 2.45) is 5.73 Å². The van der Waals surface area contributed by atoms with Crippen LogP contribution < -0.4 is 5.73 Å². The third-order valence-corrected chi connectivity index (χ3v) is 0.390. The quantitative estimate of drug-likeness (QED) is 0.564. The van der Waals surface area contributed by atoms with Gasteiger partial charge in [0.2, 0.25) is 0 Å². The standard InChI is InChI=1S/C3H7NO2.2C2H3N.Na.H/c1-2(4)3(5)6;2*1-2-3;;/h2H,4H2,1H3,(H,5,6);2*1H3;;/t2-;;;;/m0..../s1. The van der Waals surface area contributed by atoms with Gasteiger partial charge in [0, 0.05) is 13.8 Å². The van der Waals surface area contributed by atoms with Crippen LogP contribution in [0.1, 0.15) is 20.8 Å². The third-order valence-electron chi connectivity index (χ3n) is 0.390. The van der Waals surface area contributed by atoms with Crippen LogP contribution in [0.5, 0.6) is 0 Å². The van der Waals surface area contributed by atoms with Gasteiger partial charge in [0.05, 0.1) is 12.1 Å². The summed E-state index contributed by atoms with van der Waals surface area (Å²) in [5, 5.41) is 22.5. The summed E-state index contributed by atoms with van der Waals surface area (Å²) in [5.41, 5.74) is 4.84. The molecule has 0 saturated carbocycles. The number of nitriles is 2. The molecule has 0 aliphatic rings.